The number of nitro benzene ring substituents is 1. The molecule has 2 rings (SSSR count). The fourth-order valence-electron chi connectivity index (χ4n) is 2.40. The van der Waals surface area contributed by atoms with Crippen molar-refractivity contribution in [3.05, 3.63) is 75.8 Å². The van der Waals surface area contributed by atoms with Gasteiger partial charge in [-0.15, -0.1) is 0 Å². The Morgan fingerprint density at radius 1 is 0.960 bits per heavy atom. The predicted octanol–water partition coefficient (Wildman–Crippen LogP) is 3.31. The van der Waals surface area contributed by atoms with Gasteiger partial charge in [-0.05, 0) is 18.4 Å². The lowest BCUT2D eigenvalue weighted by atomic mass is 10.1. The van der Waals surface area contributed by atoms with Crippen LogP contribution in [0.3, 0.4) is 0 Å². The van der Waals surface area contributed by atoms with E-state index in [1.54, 1.807) is 24.3 Å². The molecule has 0 aliphatic carbocycles. The van der Waals surface area contributed by atoms with Crippen LogP contribution in [0.1, 0.15) is 35.2 Å². The van der Waals surface area contributed by atoms with E-state index in [-0.39, 0.29) is 17.4 Å². The highest BCUT2D eigenvalue weighted by atomic mass is 16.6. The number of carbonyl (C=O) groups is 2. The zero-order chi connectivity index (χ0) is 18.1. The van der Waals surface area contributed by atoms with E-state index in [0.717, 1.165) is 5.56 Å². The number of hydrogen-bond acceptors (Lipinski definition) is 4. The average Bonchev–Trinajstić information content (AvgIpc) is 2.63. The monoisotopic (exact) mass is 340 g/mol. The Balaban J connectivity index is 1.64. The zero-order valence-corrected chi connectivity index (χ0v) is 13.8. The Bertz CT molecular complexity index is 727. The number of ketones is 1. The molecule has 130 valence electrons. The van der Waals surface area contributed by atoms with Crippen molar-refractivity contribution in [3.63, 3.8) is 0 Å². The molecule has 0 saturated heterocycles. The van der Waals surface area contributed by atoms with Crippen molar-refractivity contribution in [2.45, 2.75) is 25.7 Å². The lowest BCUT2D eigenvalue weighted by Crippen LogP contribution is -2.25. The minimum Gasteiger partial charge on any atom is -0.356 e. The molecule has 0 aromatic heterocycles. The van der Waals surface area contributed by atoms with E-state index in [1.807, 2.05) is 18.2 Å². The van der Waals surface area contributed by atoms with Gasteiger partial charge in [-0.1, -0.05) is 42.5 Å². The number of Topliss-reactive ketones (excluding diaryl/α,β-unsaturated/α-hetero) is 1. The summed E-state index contributed by atoms with van der Waals surface area (Å²) in [5.41, 5.74) is 1.64. The van der Waals surface area contributed by atoms with Crippen LogP contribution in [0.5, 0.6) is 0 Å². The van der Waals surface area contributed by atoms with Crippen LogP contribution >= 0.6 is 0 Å². The fraction of sp³-hybridized carbons (Fsp3) is 0.263. The minimum absolute atomic E-state index is 0.0410. The minimum atomic E-state index is -0.442. The number of amides is 1. The van der Waals surface area contributed by atoms with Crippen molar-refractivity contribution in [2.24, 2.45) is 0 Å². The molecule has 6 nitrogen and oxygen atoms in total. The van der Waals surface area contributed by atoms with Crippen LogP contribution in [0.15, 0.2) is 54.6 Å². The summed E-state index contributed by atoms with van der Waals surface area (Å²) in [5.74, 6) is -0.0537. The molecular formula is C19H20N2O4. The van der Waals surface area contributed by atoms with Gasteiger partial charge >= 0.3 is 0 Å². The molecule has 25 heavy (non-hydrogen) atoms. The Morgan fingerprint density at radius 3 is 2.28 bits per heavy atom. The van der Waals surface area contributed by atoms with Gasteiger partial charge < -0.3 is 5.32 Å². The van der Waals surface area contributed by atoms with E-state index >= 15 is 0 Å². The number of rotatable bonds is 9. The number of carbonyl (C=O) groups excluding carboxylic acids is 2. The van der Waals surface area contributed by atoms with Crippen molar-refractivity contribution in [1.82, 2.24) is 5.32 Å². The van der Waals surface area contributed by atoms with E-state index in [2.05, 4.69) is 5.32 Å². The van der Waals surface area contributed by atoms with Gasteiger partial charge in [0.15, 0.2) is 5.78 Å². The van der Waals surface area contributed by atoms with Gasteiger partial charge in [-0.25, -0.2) is 0 Å². The molecule has 0 radical (unpaired) electrons. The summed E-state index contributed by atoms with van der Waals surface area (Å²) < 4.78 is 0. The second-order valence-electron chi connectivity index (χ2n) is 5.67. The quantitative estimate of drug-likeness (QED) is 0.431. The third kappa shape index (κ3) is 6.18. The summed E-state index contributed by atoms with van der Waals surface area (Å²) in [7, 11) is 0. The maximum atomic E-state index is 11.9. The van der Waals surface area contributed by atoms with Crippen molar-refractivity contribution < 1.29 is 14.5 Å². The van der Waals surface area contributed by atoms with Gasteiger partial charge in [0.2, 0.25) is 5.91 Å². The molecule has 0 heterocycles. The summed E-state index contributed by atoms with van der Waals surface area (Å²) >= 11 is 0. The van der Waals surface area contributed by atoms with E-state index in [4.69, 9.17) is 0 Å². The van der Waals surface area contributed by atoms with Gasteiger partial charge in [0.25, 0.3) is 5.69 Å². The van der Waals surface area contributed by atoms with E-state index in [1.165, 1.54) is 12.1 Å². The normalized spacial score (nSPS) is 10.2. The molecule has 1 N–H and O–H groups in total. The largest absolute Gasteiger partial charge is 0.356 e. The topological polar surface area (TPSA) is 89.3 Å². The Hall–Kier alpha value is -3.02. The molecule has 2 aromatic carbocycles. The molecule has 0 saturated carbocycles. The van der Waals surface area contributed by atoms with Crippen LogP contribution in [0.25, 0.3) is 0 Å². The second kappa shape index (κ2) is 9.32. The molecule has 0 bridgehead atoms. The summed E-state index contributed by atoms with van der Waals surface area (Å²) in [5, 5.41) is 13.4. The highest BCUT2D eigenvalue weighted by Crippen LogP contribution is 2.12. The first-order valence-corrected chi connectivity index (χ1v) is 8.14. The number of nitrogens with zero attached hydrogens (tertiary/aromatic N) is 1. The summed E-state index contributed by atoms with van der Waals surface area (Å²) in [6.45, 7) is 0.462. The molecular weight excluding hydrogens is 320 g/mol. The number of benzene rings is 2. The van der Waals surface area contributed by atoms with Crippen LogP contribution in [-0.2, 0) is 11.2 Å². The van der Waals surface area contributed by atoms with E-state index in [9.17, 15) is 19.7 Å². The average molecular weight is 340 g/mol. The maximum absolute atomic E-state index is 11.9. The van der Waals surface area contributed by atoms with Crippen LogP contribution in [0.4, 0.5) is 5.69 Å². The smallest absolute Gasteiger partial charge is 0.269 e. The molecule has 0 unspecified atom stereocenters. The SMILES string of the molecule is O=C(CCCC(=O)c1ccccc1)NCCc1ccc([N+](=O)[O-])cc1. The van der Waals surface area contributed by atoms with Crippen LogP contribution in [0.2, 0.25) is 0 Å². The third-order valence-corrected chi connectivity index (χ3v) is 3.79. The summed E-state index contributed by atoms with van der Waals surface area (Å²) in [4.78, 5) is 33.8. The summed E-state index contributed by atoms with van der Waals surface area (Å²) in [6, 6.07) is 15.3. The maximum Gasteiger partial charge on any atom is 0.269 e. The van der Waals surface area contributed by atoms with Gasteiger partial charge in [-0.3, -0.25) is 19.7 Å². The van der Waals surface area contributed by atoms with Crippen LogP contribution in [-0.4, -0.2) is 23.2 Å². The second-order valence-corrected chi connectivity index (χ2v) is 5.67. The predicted molar refractivity (Wildman–Crippen MR) is 94.4 cm³/mol. The molecule has 0 spiro atoms. The molecule has 0 fully saturated rings. The molecule has 0 aliphatic rings. The lowest BCUT2D eigenvalue weighted by Gasteiger charge is -2.05. The zero-order valence-electron chi connectivity index (χ0n) is 13.8. The van der Waals surface area contributed by atoms with Crippen LogP contribution < -0.4 is 5.32 Å². The number of non-ortho nitro benzene ring substituents is 1. The van der Waals surface area contributed by atoms with Crippen LogP contribution in [0, 0.1) is 10.1 Å². The van der Waals surface area contributed by atoms with Gasteiger partial charge in [0.05, 0.1) is 4.92 Å². The molecule has 2 aromatic rings. The standard InChI is InChI=1S/C19H20N2O4/c22-18(16-5-2-1-3-6-16)7-4-8-19(23)20-14-13-15-9-11-17(12-10-15)21(24)25/h1-3,5-6,9-12H,4,7-8,13-14H2,(H,20,23). The third-order valence-electron chi connectivity index (χ3n) is 3.79. The number of hydrogen-bond donors (Lipinski definition) is 1. The molecule has 0 atom stereocenters. The Morgan fingerprint density at radius 2 is 1.64 bits per heavy atom. The van der Waals surface area contributed by atoms with Crippen molar-refractivity contribution >= 4 is 17.4 Å². The fourth-order valence-corrected chi connectivity index (χ4v) is 2.40. The highest BCUT2D eigenvalue weighted by molar-refractivity contribution is 5.96. The molecule has 0 aliphatic heterocycles. The molecule has 6 heteroatoms. The first-order chi connectivity index (χ1) is 12.1. The van der Waals surface area contributed by atoms with Crippen molar-refractivity contribution in [1.29, 1.82) is 0 Å². The highest BCUT2D eigenvalue weighted by Gasteiger charge is 2.08. The Labute approximate surface area is 146 Å². The summed E-state index contributed by atoms with van der Waals surface area (Å²) in [6.07, 6.45) is 1.77. The number of nitrogens with one attached hydrogen (secondary N) is 1. The first kappa shape index (κ1) is 18.3. The lowest BCUT2D eigenvalue weighted by molar-refractivity contribution is -0.384. The van der Waals surface area contributed by atoms with Gasteiger partial charge in [-0.2, -0.15) is 0 Å². The van der Waals surface area contributed by atoms with Crippen molar-refractivity contribution in [2.75, 3.05) is 6.54 Å². The van der Waals surface area contributed by atoms with E-state index in [0.29, 0.717) is 37.8 Å². The van der Waals surface area contributed by atoms with E-state index < -0.39 is 4.92 Å². The number of nitro groups is 1. The first-order valence-electron chi connectivity index (χ1n) is 8.14. The molecule has 1 amide bonds. The van der Waals surface area contributed by atoms with Gasteiger partial charge in [0, 0.05) is 37.1 Å². The van der Waals surface area contributed by atoms with Crippen molar-refractivity contribution in [3.8, 4) is 0 Å². The Kier molecular flexibility index (Phi) is 6.83. The van der Waals surface area contributed by atoms with Gasteiger partial charge in [0.1, 0.15) is 0 Å².